The molecular weight excluding hydrogens is 150 g/mol. The molecule has 1 unspecified atom stereocenters. The predicted octanol–water partition coefficient (Wildman–Crippen LogP) is 1.91. The van der Waals surface area contributed by atoms with Crippen LogP contribution in [0.25, 0.3) is 0 Å². The molecule has 0 heterocycles. The van der Waals surface area contributed by atoms with Gasteiger partial charge in [-0.05, 0) is 5.56 Å². The molecule has 1 aromatic rings. The van der Waals surface area contributed by atoms with Crippen molar-refractivity contribution in [2.75, 3.05) is 0 Å². The van der Waals surface area contributed by atoms with Gasteiger partial charge in [-0.3, -0.25) is 0 Å². The average Bonchev–Trinajstić information content (AvgIpc) is 2.21. The Morgan fingerprint density at radius 1 is 1.25 bits per heavy atom. The zero-order valence-corrected chi connectivity index (χ0v) is 7.53. The van der Waals surface area contributed by atoms with Crippen LogP contribution < -0.4 is 5.73 Å². The molecule has 66 valence electrons. The first-order valence-electron chi connectivity index (χ1n) is 4.10. The second kappa shape index (κ2) is 6.55. The summed E-state index contributed by atoms with van der Waals surface area (Å²) in [7, 11) is 0. The van der Waals surface area contributed by atoms with Crippen molar-refractivity contribution in [3.8, 4) is 0 Å². The van der Waals surface area contributed by atoms with Crippen molar-refractivity contribution in [1.29, 1.82) is 0 Å². The SMILES string of the molecule is CC.NC(C=O)c1ccccc1. The number of hydrogen-bond donors (Lipinski definition) is 1. The minimum atomic E-state index is -0.471. The molecule has 1 aromatic carbocycles. The first-order chi connectivity index (χ1) is 5.84. The Kier molecular flexibility index (Phi) is 5.93. The molecule has 2 heteroatoms. The highest BCUT2D eigenvalue weighted by Crippen LogP contribution is 2.05. The lowest BCUT2D eigenvalue weighted by Crippen LogP contribution is -2.10. The molecule has 1 rings (SSSR count). The van der Waals surface area contributed by atoms with Crippen LogP contribution in [0, 0.1) is 0 Å². The third-order valence-corrected chi connectivity index (χ3v) is 1.33. The molecule has 1 atom stereocenters. The van der Waals surface area contributed by atoms with Crippen LogP contribution in [0.1, 0.15) is 25.5 Å². The molecule has 0 aromatic heterocycles. The largest absolute Gasteiger partial charge is 0.318 e. The van der Waals surface area contributed by atoms with E-state index in [2.05, 4.69) is 0 Å². The molecule has 0 saturated heterocycles. The standard InChI is InChI=1S/C8H9NO.C2H6/c9-8(6-10)7-4-2-1-3-5-7;1-2/h1-6,8H,9H2;1-2H3. The number of carbonyl (C=O) groups excluding carboxylic acids is 1. The molecular formula is C10H15NO. The fourth-order valence-corrected chi connectivity index (χ4v) is 0.754. The van der Waals surface area contributed by atoms with Gasteiger partial charge in [0.15, 0.2) is 0 Å². The minimum Gasteiger partial charge on any atom is -0.318 e. The Bertz CT molecular complexity index is 208. The van der Waals surface area contributed by atoms with Gasteiger partial charge in [0.05, 0.1) is 6.04 Å². The lowest BCUT2D eigenvalue weighted by Gasteiger charge is -2.00. The van der Waals surface area contributed by atoms with E-state index in [-0.39, 0.29) is 0 Å². The van der Waals surface area contributed by atoms with Crippen molar-refractivity contribution >= 4 is 6.29 Å². The lowest BCUT2D eigenvalue weighted by atomic mass is 10.1. The summed E-state index contributed by atoms with van der Waals surface area (Å²) < 4.78 is 0. The number of rotatable bonds is 2. The third kappa shape index (κ3) is 3.30. The second-order valence-corrected chi connectivity index (χ2v) is 2.07. The molecule has 2 nitrogen and oxygen atoms in total. The predicted molar refractivity (Wildman–Crippen MR) is 50.8 cm³/mol. The molecule has 0 aliphatic carbocycles. The maximum absolute atomic E-state index is 10.2. The van der Waals surface area contributed by atoms with E-state index in [4.69, 9.17) is 5.73 Å². The van der Waals surface area contributed by atoms with Crippen LogP contribution in [0.5, 0.6) is 0 Å². The summed E-state index contributed by atoms with van der Waals surface area (Å²) in [6, 6.07) is 8.80. The van der Waals surface area contributed by atoms with Crippen molar-refractivity contribution in [1.82, 2.24) is 0 Å². The molecule has 2 N–H and O–H groups in total. The highest BCUT2D eigenvalue weighted by atomic mass is 16.1. The molecule has 0 aliphatic rings. The van der Waals surface area contributed by atoms with Gasteiger partial charge in [-0.15, -0.1) is 0 Å². The van der Waals surface area contributed by atoms with Crippen molar-refractivity contribution in [2.24, 2.45) is 5.73 Å². The highest BCUT2D eigenvalue weighted by molar-refractivity contribution is 5.60. The molecule has 0 radical (unpaired) electrons. The molecule has 0 bridgehead atoms. The summed E-state index contributed by atoms with van der Waals surface area (Å²) >= 11 is 0. The number of benzene rings is 1. The Hall–Kier alpha value is -1.15. The van der Waals surface area contributed by atoms with E-state index >= 15 is 0 Å². The van der Waals surface area contributed by atoms with E-state index < -0.39 is 6.04 Å². The van der Waals surface area contributed by atoms with E-state index in [1.165, 1.54) is 0 Å². The maximum Gasteiger partial charge on any atom is 0.141 e. The van der Waals surface area contributed by atoms with Gasteiger partial charge < -0.3 is 10.5 Å². The normalized spacial score (nSPS) is 10.9. The van der Waals surface area contributed by atoms with Gasteiger partial charge in [-0.25, -0.2) is 0 Å². The van der Waals surface area contributed by atoms with Crippen LogP contribution in [0.15, 0.2) is 30.3 Å². The third-order valence-electron chi connectivity index (χ3n) is 1.33. The van der Waals surface area contributed by atoms with Crippen LogP contribution in [0.3, 0.4) is 0 Å². The van der Waals surface area contributed by atoms with Crippen molar-refractivity contribution < 1.29 is 4.79 Å². The number of nitrogens with two attached hydrogens (primary N) is 1. The first-order valence-corrected chi connectivity index (χ1v) is 4.10. The average molecular weight is 165 g/mol. The van der Waals surface area contributed by atoms with Crippen LogP contribution in [0.4, 0.5) is 0 Å². The molecule has 12 heavy (non-hydrogen) atoms. The van der Waals surface area contributed by atoms with Crippen molar-refractivity contribution in [3.05, 3.63) is 35.9 Å². The van der Waals surface area contributed by atoms with Gasteiger partial charge in [0, 0.05) is 0 Å². The Morgan fingerprint density at radius 2 is 1.75 bits per heavy atom. The van der Waals surface area contributed by atoms with Crippen LogP contribution in [0.2, 0.25) is 0 Å². The maximum atomic E-state index is 10.2. The first kappa shape index (κ1) is 10.8. The topological polar surface area (TPSA) is 43.1 Å². The highest BCUT2D eigenvalue weighted by Gasteiger charge is 1.99. The molecule has 0 spiro atoms. The van der Waals surface area contributed by atoms with E-state index in [0.717, 1.165) is 11.8 Å². The Labute approximate surface area is 73.4 Å². The molecule has 0 saturated carbocycles. The summed E-state index contributed by atoms with van der Waals surface area (Å²) in [6.45, 7) is 4.00. The van der Waals surface area contributed by atoms with Crippen LogP contribution >= 0.6 is 0 Å². The zero-order chi connectivity index (χ0) is 9.40. The van der Waals surface area contributed by atoms with Crippen molar-refractivity contribution in [3.63, 3.8) is 0 Å². The van der Waals surface area contributed by atoms with Gasteiger partial charge in [0.25, 0.3) is 0 Å². The van der Waals surface area contributed by atoms with Gasteiger partial charge in [0.2, 0.25) is 0 Å². The number of carbonyl (C=O) groups is 1. The van der Waals surface area contributed by atoms with Crippen molar-refractivity contribution in [2.45, 2.75) is 19.9 Å². The Balaban J connectivity index is 0.000000561. The minimum absolute atomic E-state index is 0.471. The fraction of sp³-hybridized carbons (Fsp3) is 0.300. The number of hydrogen-bond acceptors (Lipinski definition) is 2. The molecule has 0 amide bonds. The number of aldehydes is 1. The van der Waals surface area contributed by atoms with Crippen LogP contribution in [-0.4, -0.2) is 6.29 Å². The summed E-state index contributed by atoms with van der Waals surface area (Å²) in [5, 5.41) is 0. The molecule has 0 aliphatic heterocycles. The summed E-state index contributed by atoms with van der Waals surface area (Å²) in [6.07, 6.45) is 0.731. The van der Waals surface area contributed by atoms with E-state index in [0.29, 0.717) is 0 Å². The lowest BCUT2D eigenvalue weighted by molar-refractivity contribution is -0.109. The van der Waals surface area contributed by atoms with Gasteiger partial charge in [0.1, 0.15) is 6.29 Å². The van der Waals surface area contributed by atoms with Gasteiger partial charge in [-0.2, -0.15) is 0 Å². The molecule has 0 fully saturated rings. The van der Waals surface area contributed by atoms with Gasteiger partial charge >= 0.3 is 0 Å². The summed E-state index contributed by atoms with van der Waals surface area (Å²) in [4.78, 5) is 10.2. The zero-order valence-electron chi connectivity index (χ0n) is 7.53. The van der Waals surface area contributed by atoms with Gasteiger partial charge in [-0.1, -0.05) is 44.2 Å². The fourth-order valence-electron chi connectivity index (χ4n) is 0.754. The van der Waals surface area contributed by atoms with E-state index in [9.17, 15) is 4.79 Å². The smallest absolute Gasteiger partial charge is 0.141 e. The second-order valence-electron chi connectivity index (χ2n) is 2.07. The van der Waals surface area contributed by atoms with E-state index in [1.54, 1.807) is 0 Å². The summed E-state index contributed by atoms with van der Waals surface area (Å²) in [5.41, 5.74) is 6.29. The van der Waals surface area contributed by atoms with E-state index in [1.807, 2.05) is 44.2 Å². The Morgan fingerprint density at radius 3 is 2.17 bits per heavy atom. The quantitative estimate of drug-likeness (QED) is 0.680. The monoisotopic (exact) mass is 165 g/mol. The van der Waals surface area contributed by atoms with Crippen LogP contribution in [-0.2, 0) is 4.79 Å². The summed E-state index contributed by atoms with van der Waals surface area (Å²) in [5.74, 6) is 0.